The van der Waals surface area contributed by atoms with Crippen LogP contribution in [0.1, 0.15) is 35.9 Å². The molecular formula is C15H18N3O. The van der Waals surface area contributed by atoms with E-state index in [0.29, 0.717) is 0 Å². The highest BCUT2D eigenvalue weighted by atomic mass is 16.2. The summed E-state index contributed by atoms with van der Waals surface area (Å²) in [6, 6.07) is 1.91. The van der Waals surface area contributed by atoms with Crippen molar-refractivity contribution in [3.63, 3.8) is 0 Å². The molecule has 2 heterocycles. The van der Waals surface area contributed by atoms with Crippen LogP contribution < -0.4 is 0 Å². The Morgan fingerprint density at radius 1 is 1.26 bits per heavy atom. The molecule has 0 atom stereocenters. The van der Waals surface area contributed by atoms with Crippen molar-refractivity contribution in [2.45, 2.75) is 26.3 Å². The number of carbonyl (C=O) groups excluding carboxylic acids is 1. The van der Waals surface area contributed by atoms with E-state index in [4.69, 9.17) is 0 Å². The van der Waals surface area contributed by atoms with Gasteiger partial charge < -0.3 is 4.90 Å². The van der Waals surface area contributed by atoms with Gasteiger partial charge in [0.25, 0.3) is 5.91 Å². The van der Waals surface area contributed by atoms with Gasteiger partial charge in [-0.25, -0.2) is 0 Å². The van der Waals surface area contributed by atoms with Gasteiger partial charge >= 0.3 is 0 Å². The number of fused-ring (bicyclic) bond motifs is 1. The summed E-state index contributed by atoms with van der Waals surface area (Å²) in [7, 11) is 0. The second-order valence-electron chi connectivity index (χ2n) is 4.96. The third-order valence-corrected chi connectivity index (χ3v) is 3.61. The summed E-state index contributed by atoms with van der Waals surface area (Å²) < 4.78 is 1.84. The smallest absolute Gasteiger partial charge is 0.272 e. The van der Waals surface area contributed by atoms with E-state index < -0.39 is 0 Å². The molecule has 1 amide bonds. The van der Waals surface area contributed by atoms with Crippen LogP contribution in [0.5, 0.6) is 0 Å². The topological polar surface area (TPSA) is 38.1 Å². The minimum absolute atomic E-state index is 0.116. The Bertz CT molecular complexity index is 460. The Balaban J connectivity index is 1.77. The molecule has 0 N–H and O–H groups in total. The number of hydrogen-bond donors (Lipinski definition) is 0. The standard InChI is InChI=1S/C15H18N3O/c1-2-3-8-17-9-10-18-14(15(17)19)11-13(16-18)12-6-4-5-7-12/h4-7,11H,2-3,8-10H2,1H3. The van der Waals surface area contributed by atoms with Crippen LogP contribution >= 0.6 is 0 Å². The molecule has 1 aliphatic heterocycles. The molecule has 4 heteroatoms. The van der Waals surface area contributed by atoms with E-state index in [1.807, 2.05) is 41.3 Å². The maximum atomic E-state index is 12.4. The predicted molar refractivity (Wildman–Crippen MR) is 72.6 cm³/mol. The van der Waals surface area contributed by atoms with E-state index in [9.17, 15) is 4.79 Å². The van der Waals surface area contributed by atoms with E-state index in [-0.39, 0.29) is 5.91 Å². The lowest BCUT2D eigenvalue weighted by Crippen LogP contribution is -2.40. The van der Waals surface area contributed by atoms with Gasteiger partial charge in [0.15, 0.2) is 0 Å². The normalized spacial score (nSPS) is 20.1. The highest BCUT2D eigenvalue weighted by Gasteiger charge is 2.29. The molecule has 5 radical (unpaired) electrons. The van der Waals surface area contributed by atoms with E-state index in [1.165, 1.54) is 0 Å². The molecule has 99 valence electrons. The molecular weight excluding hydrogens is 238 g/mol. The lowest BCUT2D eigenvalue weighted by atomic mass is 10.0. The molecule has 1 aromatic rings. The molecule has 0 unspecified atom stereocenters. The average Bonchev–Trinajstić information content (AvgIpc) is 3.07. The minimum atomic E-state index is 0.116. The number of unbranched alkanes of at least 4 members (excludes halogenated alkanes) is 1. The zero-order chi connectivity index (χ0) is 13.2. The summed E-state index contributed by atoms with van der Waals surface area (Å²) in [4.78, 5) is 14.3. The van der Waals surface area contributed by atoms with Crippen LogP contribution in [0.4, 0.5) is 0 Å². The Kier molecular flexibility index (Phi) is 3.58. The summed E-state index contributed by atoms with van der Waals surface area (Å²) in [6.07, 6.45) is 10.2. The summed E-state index contributed by atoms with van der Waals surface area (Å²) >= 11 is 0. The van der Waals surface area contributed by atoms with E-state index in [2.05, 4.69) is 12.0 Å². The Hall–Kier alpha value is -1.32. The first-order valence-electron chi connectivity index (χ1n) is 6.89. The van der Waals surface area contributed by atoms with Gasteiger partial charge in [0, 0.05) is 19.0 Å². The predicted octanol–water partition coefficient (Wildman–Crippen LogP) is 1.89. The van der Waals surface area contributed by atoms with Gasteiger partial charge in [-0.15, -0.1) is 0 Å². The zero-order valence-electron chi connectivity index (χ0n) is 11.2. The van der Waals surface area contributed by atoms with Gasteiger partial charge in [0.05, 0.1) is 12.2 Å². The lowest BCUT2D eigenvalue weighted by molar-refractivity contribution is 0.0695. The monoisotopic (exact) mass is 256 g/mol. The first-order chi connectivity index (χ1) is 9.29. The van der Waals surface area contributed by atoms with Crippen LogP contribution in [0.15, 0.2) is 6.07 Å². The summed E-state index contributed by atoms with van der Waals surface area (Å²) in [5, 5.41) is 4.53. The van der Waals surface area contributed by atoms with Crippen molar-refractivity contribution in [3.05, 3.63) is 49.1 Å². The summed E-state index contributed by atoms with van der Waals surface area (Å²) in [5.41, 5.74) is 1.62. The fraction of sp³-hybridized carbons (Fsp3) is 0.400. The van der Waals surface area contributed by atoms with Crippen molar-refractivity contribution in [2.24, 2.45) is 0 Å². The second-order valence-corrected chi connectivity index (χ2v) is 4.96. The Labute approximate surface area is 114 Å². The summed E-state index contributed by atoms with van der Waals surface area (Å²) in [5.74, 6) is 1.19. The van der Waals surface area contributed by atoms with Crippen LogP contribution in [-0.4, -0.2) is 33.7 Å². The first kappa shape index (κ1) is 12.7. The van der Waals surface area contributed by atoms with Crippen LogP contribution in [0.2, 0.25) is 0 Å². The quantitative estimate of drug-likeness (QED) is 0.825. The molecule has 1 saturated carbocycles. The molecule has 19 heavy (non-hydrogen) atoms. The number of nitrogens with zero attached hydrogens (tertiary/aromatic N) is 3. The average molecular weight is 256 g/mol. The van der Waals surface area contributed by atoms with Gasteiger partial charge in [-0.05, 0) is 38.2 Å². The van der Waals surface area contributed by atoms with Crippen molar-refractivity contribution in [1.29, 1.82) is 0 Å². The maximum Gasteiger partial charge on any atom is 0.272 e. The number of carbonyl (C=O) groups is 1. The Morgan fingerprint density at radius 3 is 2.79 bits per heavy atom. The van der Waals surface area contributed by atoms with Gasteiger partial charge in [-0.1, -0.05) is 13.3 Å². The molecule has 0 bridgehead atoms. The summed E-state index contributed by atoms with van der Waals surface area (Å²) in [6.45, 7) is 4.57. The molecule has 1 fully saturated rings. The van der Waals surface area contributed by atoms with Gasteiger partial charge in [0.1, 0.15) is 5.69 Å². The molecule has 3 rings (SSSR count). The Morgan fingerprint density at radius 2 is 2.05 bits per heavy atom. The molecule has 0 spiro atoms. The van der Waals surface area contributed by atoms with Crippen molar-refractivity contribution in [3.8, 4) is 0 Å². The van der Waals surface area contributed by atoms with Crippen molar-refractivity contribution in [2.75, 3.05) is 13.1 Å². The first-order valence-corrected chi connectivity index (χ1v) is 6.89. The zero-order valence-corrected chi connectivity index (χ0v) is 11.2. The number of amides is 1. The largest absolute Gasteiger partial charge is 0.335 e. The van der Waals surface area contributed by atoms with Gasteiger partial charge in [-0.2, -0.15) is 5.10 Å². The number of hydrogen-bond acceptors (Lipinski definition) is 2. The highest BCUT2D eigenvalue weighted by Crippen LogP contribution is 2.30. The van der Waals surface area contributed by atoms with Gasteiger partial charge in [0.2, 0.25) is 0 Å². The van der Waals surface area contributed by atoms with E-state index >= 15 is 0 Å². The van der Waals surface area contributed by atoms with Crippen molar-refractivity contribution in [1.82, 2.24) is 14.7 Å². The molecule has 0 saturated heterocycles. The van der Waals surface area contributed by atoms with Crippen LogP contribution in [0.25, 0.3) is 0 Å². The van der Waals surface area contributed by atoms with Crippen LogP contribution in [0, 0.1) is 31.6 Å². The fourth-order valence-electron chi connectivity index (χ4n) is 2.49. The second kappa shape index (κ2) is 5.35. The highest BCUT2D eigenvalue weighted by molar-refractivity contribution is 5.93. The third-order valence-electron chi connectivity index (χ3n) is 3.61. The third kappa shape index (κ3) is 2.40. The number of rotatable bonds is 4. The molecule has 2 aliphatic rings. The van der Waals surface area contributed by atoms with Crippen molar-refractivity contribution < 1.29 is 4.79 Å². The van der Waals surface area contributed by atoms with E-state index in [0.717, 1.165) is 49.8 Å². The van der Waals surface area contributed by atoms with Gasteiger partial charge in [-0.3, -0.25) is 9.48 Å². The fourth-order valence-corrected chi connectivity index (χ4v) is 2.49. The molecule has 1 aliphatic carbocycles. The lowest BCUT2D eigenvalue weighted by Gasteiger charge is -2.27. The number of aromatic nitrogens is 2. The van der Waals surface area contributed by atoms with Crippen LogP contribution in [0.3, 0.4) is 0 Å². The molecule has 0 aromatic carbocycles. The SMILES string of the molecule is CCCCN1CCn2nc([C]3[CH][CH][CH][CH]3)cc2C1=O. The minimum Gasteiger partial charge on any atom is -0.335 e. The maximum absolute atomic E-state index is 12.4. The van der Waals surface area contributed by atoms with Crippen molar-refractivity contribution >= 4 is 5.91 Å². The molecule has 1 aromatic heterocycles. The van der Waals surface area contributed by atoms with E-state index in [1.54, 1.807) is 0 Å². The molecule has 4 nitrogen and oxygen atoms in total. The van der Waals surface area contributed by atoms with Crippen LogP contribution in [-0.2, 0) is 6.54 Å².